The highest BCUT2D eigenvalue weighted by molar-refractivity contribution is 5.79. The molecule has 1 saturated heterocycles. The van der Waals surface area contributed by atoms with Gasteiger partial charge in [0.05, 0.1) is 19.3 Å². The number of hydrogen-bond donors (Lipinski definition) is 1. The number of alkyl halides is 1. The van der Waals surface area contributed by atoms with Gasteiger partial charge in [0.15, 0.2) is 0 Å². The highest BCUT2D eigenvalue weighted by Crippen LogP contribution is 2.34. The van der Waals surface area contributed by atoms with Crippen molar-refractivity contribution in [2.75, 3.05) is 25.1 Å². The van der Waals surface area contributed by atoms with E-state index < -0.39 is 11.6 Å². The van der Waals surface area contributed by atoms with Crippen molar-refractivity contribution in [3.05, 3.63) is 24.3 Å². The third kappa shape index (κ3) is 2.25. The molecule has 2 rings (SSSR count). The molecule has 1 aliphatic rings. The van der Waals surface area contributed by atoms with Crippen LogP contribution in [-0.4, -0.2) is 36.9 Å². The number of ether oxygens (including phenoxy) is 1. The molecule has 18 heavy (non-hydrogen) atoms. The van der Waals surface area contributed by atoms with E-state index in [0.29, 0.717) is 18.7 Å². The topological polar surface area (TPSA) is 49.8 Å². The summed E-state index contributed by atoms with van der Waals surface area (Å²) in [6, 6.07) is 7.25. The SMILES string of the molecule is COc1ccccc1N1CCCC(F)(C(=O)O)C1. The van der Waals surface area contributed by atoms with Crippen LogP contribution in [0.4, 0.5) is 10.1 Å². The first-order chi connectivity index (χ1) is 8.57. The van der Waals surface area contributed by atoms with Crippen LogP contribution in [0, 0.1) is 0 Å². The molecule has 0 radical (unpaired) electrons. The van der Waals surface area contributed by atoms with Crippen LogP contribution < -0.4 is 9.64 Å². The van der Waals surface area contributed by atoms with Gasteiger partial charge in [0.1, 0.15) is 5.75 Å². The number of methoxy groups -OCH3 is 1. The Hall–Kier alpha value is -1.78. The molecular formula is C13H16FNO3. The van der Waals surface area contributed by atoms with Crippen molar-refractivity contribution in [2.45, 2.75) is 18.5 Å². The summed E-state index contributed by atoms with van der Waals surface area (Å²) in [4.78, 5) is 12.7. The molecule has 1 aliphatic heterocycles. The Balaban J connectivity index is 2.26. The van der Waals surface area contributed by atoms with Crippen molar-refractivity contribution in [3.8, 4) is 5.75 Å². The minimum absolute atomic E-state index is 0.0635. The maximum Gasteiger partial charge on any atom is 0.343 e. The molecule has 5 heteroatoms. The number of carboxylic acids is 1. The predicted molar refractivity (Wildman–Crippen MR) is 65.9 cm³/mol. The van der Waals surface area contributed by atoms with Crippen LogP contribution in [0.1, 0.15) is 12.8 Å². The van der Waals surface area contributed by atoms with Gasteiger partial charge in [-0.1, -0.05) is 12.1 Å². The fourth-order valence-electron chi connectivity index (χ4n) is 2.28. The van der Waals surface area contributed by atoms with E-state index in [-0.39, 0.29) is 13.0 Å². The van der Waals surface area contributed by atoms with Crippen LogP contribution in [0.5, 0.6) is 5.75 Å². The second kappa shape index (κ2) is 4.84. The molecule has 0 saturated carbocycles. The van der Waals surface area contributed by atoms with Crippen LogP contribution in [0.15, 0.2) is 24.3 Å². The molecule has 0 aromatic heterocycles. The second-order valence-electron chi connectivity index (χ2n) is 4.47. The Kier molecular flexibility index (Phi) is 3.41. The molecule has 98 valence electrons. The number of para-hydroxylation sites is 2. The zero-order chi connectivity index (χ0) is 13.2. The molecule has 0 spiro atoms. The minimum atomic E-state index is -2.17. The van der Waals surface area contributed by atoms with E-state index in [1.807, 2.05) is 18.2 Å². The molecule has 0 bridgehead atoms. The summed E-state index contributed by atoms with van der Waals surface area (Å²) >= 11 is 0. The van der Waals surface area contributed by atoms with E-state index in [2.05, 4.69) is 0 Å². The summed E-state index contributed by atoms with van der Waals surface area (Å²) in [5.41, 5.74) is -1.43. The summed E-state index contributed by atoms with van der Waals surface area (Å²) in [6.45, 7) is 0.502. The zero-order valence-corrected chi connectivity index (χ0v) is 10.2. The Morgan fingerprint density at radius 3 is 2.89 bits per heavy atom. The van der Waals surface area contributed by atoms with Gasteiger partial charge in [0.2, 0.25) is 5.67 Å². The first-order valence-corrected chi connectivity index (χ1v) is 5.87. The lowest BCUT2D eigenvalue weighted by molar-refractivity contribution is -0.151. The van der Waals surface area contributed by atoms with Crippen LogP contribution in [0.25, 0.3) is 0 Å². The van der Waals surface area contributed by atoms with Crippen molar-refractivity contribution in [1.82, 2.24) is 0 Å². The third-order valence-corrected chi connectivity index (χ3v) is 3.25. The zero-order valence-electron chi connectivity index (χ0n) is 10.2. The molecule has 1 aromatic rings. The normalized spacial score (nSPS) is 23.8. The number of rotatable bonds is 3. The Bertz CT molecular complexity index is 452. The summed E-state index contributed by atoms with van der Waals surface area (Å²) in [6.07, 6.45) is 0.578. The van der Waals surface area contributed by atoms with E-state index in [1.54, 1.807) is 18.1 Å². The summed E-state index contributed by atoms with van der Waals surface area (Å²) in [7, 11) is 1.54. The first-order valence-electron chi connectivity index (χ1n) is 5.87. The van der Waals surface area contributed by atoms with Gasteiger partial charge in [0, 0.05) is 6.54 Å². The average molecular weight is 253 g/mol. The molecule has 4 nitrogen and oxygen atoms in total. The van der Waals surface area contributed by atoms with Gasteiger partial charge in [0.25, 0.3) is 0 Å². The van der Waals surface area contributed by atoms with Crippen molar-refractivity contribution < 1.29 is 19.0 Å². The second-order valence-corrected chi connectivity index (χ2v) is 4.47. The van der Waals surface area contributed by atoms with Crippen LogP contribution in [0.2, 0.25) is 0 Å². The Labute approximate surface area is 105 Å². The maximum atomic E-state index is 14.2. The standard InChI is InChI=1S/C13H16FNO3/c1-18-11-6-3-2-5-10(11)15-8-4-7-13(14,9-15)12(16)17/h2-3,5-6H,4,7-9H2,1H3,(H,16,17). The maximum absolute atomic E-state index is 14.2. The smallest absolute Gasteiger partial charge is 0.343 e. The van der Waals surface area contributed by atoms with Crippen molar-refractivity contribution in [1.29, 1.82) is 0 Å². The lowest BCUT2D eigenvalue weighted by Gasteiger charge is -2.36. The van der Waals surface area contributed by atoms with Gasteiger partial charge in [-0.3, -0.25) is 0 Å². The number of anilines is 1. The number of nitrogens with zero attached hydrogens (tertiary/aromatic N) is 1. The monoisotopic (exact) mass is 253 g/mol. The molecule has 1 N–H and O–H groups in total. The summed E-state index contributed by atoms with van der Waals surface area (Å²) in [5, 5.41) is 8.96. The first kappa shape index (κ1) is 12.7. The summed E-state index contributed by atoms with van der Waals surface area (Å²) in [5.74, 6) is -0.755. The van der Waals surface area contributed by atoms with Gasteiger partial charge in [-0.2, -0.15) is 0 Å². The van der Waals surface area contributed by atoms with Crippen LogP contribution in [-0.2, 0) is 4.79 Å². The van der Waals surface area contributed by atoms with Gasteiger partial charge in [-0.05, 0) is 25.0 Å². The fourth-order valence-corrected chi connectivity index (χ4v) is 2.28. The van der Waals surface area contributed by atoms with Gasteiger partial charge >= 0.3 is 5.97 Å². The van der Waals surface area contributed by atoms with E-state index in [4.69, 9.17) is 9.84 Å². The molecule has 1 fully saturated rings. The molecule has 1 atom stereocenters. The van der Waals surface area contributed by atoms with Crippen LogP contribution >= 0.6 is 0 Å². The quantitative estimate of drug-likeness (QED) is 0.896. The number of halogens is 1. The van der Waals surface area contributed by atoms with Gasteiger partial charge < -0.3 is 14.7 Å². The van der Waals surface area contributed by atoms with Crippen molar-refractivity contribution in [3.63, 3.8) is 0 Å². The largest absolute Gasteiger partial charge is 0.495 e. The lowest BCUT2D eigenvalue weighted by Crippen LogP contribution is -2.50. The summed E-state index contributed by atoms with van der Waals surface area (Å²) < 4.78 is 19.4. The third-order valence-electron chi connectivity index (χ3n) is 3.25. The van der Waals surface area contributed by atoms with E-state index in [1.165, 1.54) is 0 Å². The number of aliphatic carboxylic acids is 1. The van der Waals surface area contributed by atoms with E-state index >= 15 is 0 Å². The molecule has 0 aliphatic carbocycles. The van der Waals surface area contributed by atoms with E-state index in [9.17, 15) is 9.18 Å². The molecule has 1 heterocycles. The molecular weight excluding hydrogens is 237 g/mol. The van der Waals surface area contributed by atoms with E-state index in [0.717, 1.165) is 5.69 Å². The number of hydrogen-bond acceptors (Lipinski definition) is 3. The molecule has 1 unspecified atom stereocenters. The average Bonchev–Trinajstić information content (AvgIpc) is 2.38. The number of carbonyl (C=O) groups is 1. The predicted octanol–water partition coefficient (Wildman–Crippen LogP) is 2.09. The van der Waals surface area contributed by atoms with Gasteiger partial charge in [-0.25, -0.2) is 9.18 Å². The van der Waals surface area contributed by atoms with Crippen LogP contribution in [0.3, 0.4) is 0 Å². The Morgan fingerprint density at radius 1 is 1.50 bits per heavy atom. The highest BCUT2D eigenvalue weighted by atomic mass is 19.1. The van der Waals surface area contributed by atoms with Gasteiger partial charge in [-0.15, -0.1) is 0 Å². The number of carboxylic acid groups (broad SMARTS) is 1. The fraction of sp³-hybridized carbons (Fsp3) is 0.462. The minimum Gasteiger partial charge on any atom is -0.495 e. The Morgan fingerprint density at radius 2 is 2.22 bits per heavy atom. The van der Waals surface area contributed by atoms with Crippen molar-refractivity contribution in [2.24, 2.45) is 0 Å². The number of benzene rings is 1. The van der Waals surface area contributed by atoms with Crippen molar-refractivity contribution >= 4 is 11.7 Å². The highest BCUT2D eigenvalue weighted by Gasteiger charge is 2.43. The lowest BCUT2D eigenvalue weighted by atomic mass is 9.94. The molecule has 0 amide bonds. The number of piperidine rings is 1. The molecule has 1 aromatic carbocycles.